The van der Waals surface area contributed by atoms with Gasteiger partial charge in [-0.25, -0.2) is 0 Å². The summed E-state index contributed by atoms with van der Waals surface area (Å²) < 4.78 is 5.86. The van der Waals surface area contributed by atoms with Gasteiger partial charge < -0.3 is 14.4 Å². The van der Waals surface area contributed by atoms with Crippen molar-refractivity contribution in [2.24, 2.45) is 5.92 Å². The van der Waals surface area contributed by atoms with Gasteiger partial charge in [-0.15, -0.1) is 0 Å². The van der Waals surface area contributed by atoms with E-state index in [1.807, 2.05) is 29.2 Å². The number of aromatic nitrogens is 1. The molecule has 7 heteroatoms. The van der Waals surface area contributed by atoms with Crippen molar-refractivity contribution in [3.05, 3.63) is 52.1 Å². The van der Waals surface area contributed by atoms with E-state index in [9.17, 15) is 14.9 Å². The second kappa shape index (κ2) is 10.2. The number of benzene rings is 1. The molecule has 0 spiro atoms. The van der Waals surface area contributed by atoms with Gasteiger partial charge >= 0.3 is 5.69 Å². The van der Waals surface area contributed by atoms with E-state index >= 15 is 0 Å². The molecule has 3 rings (SSSR count). The molecule has 0 N–H and O–H groups in total. The van der Waals surface area contributed by atoms with Gasteiger partial charge in [0.25, 0.3) is 0 Å². The van der Waals surface area contributed by atoms with Crippen molar-refractivity contribution in [1.29, 1.82) is 0 Å². The number of rotatable bonds is 9. The third-order valence-electron chi connectivity index (χ3n) is 5.55. The standard InChI is InChI=1S/C23H29N3O4/c1-3-4-18-13-15-25(16-14-18)23-21(26(28)29)11-12-22(24-23)30-20-9-7-19(8-10-20)6-5-17(2)27/h7-12,18H,3-6,13-16H2,1-2H3. The largest absolute Gasteiger partial charge is 0.439 e. The summed E-state index contributed by atoms with van der Waals surface area (Å²) in [5.74, 6) is 2.17. The minimum absolute atomic E-state index is 0.0101. The predicted molar refractivity (Wildman–Crippen MR) is 116 cm³/mol. The van der Waals surface area contributed by atoms with Gasteiger partial charge in [0.2, 0.25) is 11.7 Å². The summed E-state index contributed by atoms with van der Waals surface area (Å²) >= 11 is 0. The van der Waals surface area contributed by atoms with Gasteiger partial charge in [-0.05, 0) is 49.8 Å². The number of piperidine rings is 1. The van der Waals surface area contributed by atoms with Crippen LogP contribution in [0.5, 0.6) is 11.6 Å². The van der Waals surface area contributed by atoms with Gasteiger partial charge in [-0.2, -0.15) is 4.98 Å². The Morgan fingerprint density at radius 1 is 1.20 bits per heavy atom. The molecule has 0 atom stereocenters. The van der Waals surface area contributed by atoms with Crippen LogP contribution in [0.15, 0.2) is 36.4 Å². The Labute approximate surface area is 177 Å². The molecule has 0 bridgehead atoms. The Hall–Kier alpha value is -2.96. The lowest BCUT2D eigenvalue weighted by molar-refractivity contribution is -0.384. The fourth-order valence-corrected chi connectivity index (χ4v) is 3.86. The van der Waals surface area contributed by atoms with Crippen LogP contribution in [0.3, 0.4) is 0 Å². The first-order chi connectivity index (χ1) is 14.5. The normalized spacial score (nSPS) is 14.5. The van der Waals surface area contributed by atoms with Crippen LogP contribution >= 0.6 is 0 Å². The predicted octanol–water partition coefficient (Wildman–Crippen LogP) is 5.32. The van der Waals surface area contributed by atoms with E-state index in [1.54, 1.807) is 6.92 Å². The third-order valence-corrected chi connectivity index (χ3v) is 5.55. The van der Waals surface area contributed by atoms with Crippen LogP contribution < -0.4 is 9.64 Å². The van der Waals surface area contributed by atoms with Gasteiger partial charge in [0.05, 0.1) is 4.92 Å². The number of ketones is 1. The Bertz CT molecular complexity index is 875. The van der Waals surface area contributed by atoms with Crippen LogP contribution in [0, 0.1) is 16.0 Å². The Morgan fingerprint density at radius 2 is 1.90 bits per heavy atom. The van der Waals surface area contributed by atoms with E-state index in [-0.39, 0.29) is 16.4 Å². The van der Waals surface area contributed by atoms with E-state index in [0.29, 0.717) is 36.2 Å². The first kappa shape index (κ1) is 21.7. The van der Waals surface area contributed by atoms with Gasteiger partial charge in [-0.3, -0.25) is 10.1 Å². The van der Waals surface area contributed by atoms with Crippen molar-refractivity contribution < 1.29 is 14.5 Å². The van der Waals surface area contributed by atoms with Crippen LogP contribution in [-0.2, 0) is 11.2 Å². The van der Waals surface area contributed by atoms with Crippen molar-refractivity contribution in [3.8, 4) is 11.6 Å². The molecule has 1 aliphatic heterocycles. The summed E-state index contributed by atoms with van der Waals surface area (Å²) in [7, 11) is 0. The Balaban J connectivity index is 1.72. The lowest BCUT2D eigenvalue weighted by Crippen LogP contribution is -2.34. The minimum atomic E-state index is -0.381. The molecular formula is C23H29N3O4. The summed E-state index contributed by atoms with van der Waals surface area (Å²) in [6.07, 6.45) is 5.64. The molecule has 1 aliphatic rings. The van der Waals surface area contributed by atoms with E-state index in [4.69, 9.17) is 4.74 Å². The van der Waals surface area contributed by atoms with Crippen LogP contribution in [0.4, 0.5) is 11.5 Å². The molecule has 1 saturated heterocycles. The molecule has 7 nitrogen and oxygen atoms in total. The maximum Gasteiger partial charge on any atom is 0.311 e. The lowest BCUT2D eigenvalue weighted by Gasteiger charge is -2.32. The number of pyridine rings is 1. The first-order valence-corrected chi connectivity index (χ1v) is 10.6. The highest BCUT2D eigenvalue weighted by Gasteiger charge is 2.26. The maximum absolute atomic E-state index is 11.5. The molecule has 2 aromatic rings. The molecular weight excluding hydrogens is 382 g/mol. The van der Waals surface area contributed by atoms with Gasteiger partial charge in [0.15, 0.2) is 0 Å². The summed E-state index contributed by atoms with van der Waals surface area (Å²) in [6, 6.07) is 10.5. The fraction of sp³-hybridized carbons (Fsp3) is 0.478. The zero-order valence-electron chi connectivity index (χ0n) is 17.7. The fourth-order valence-electron chi connectivity index (χ4n) is 3.86. The zero-order valence-corrected chi connectivity index (χ0v) is 17.7. The second-order valence-electron chi connectivity index (χ2n) is 7.92. The van der Waals surface area contributed by atoms with E-state index in [2.05, 4.69) is 11.9 Å². The van der Waals surface area contributed by atoms with Crippen LogP contribution in [0.1, 0.15) is 51.5 Å². The molecule has 0 saturated carbocycles. The molecule has 2 heterocycles. The molecule has 1 aromatic heterocycles. The third kappa shape index (κ3) is 5.78. The van der Waals surface area contributed by atoms with Crippen molar-refractivity contribution in [2.75, 3.05) is 18.0 Å². The summed E-state index contributed by atoms with van der Waals surface area (Å²) in [5.41, 5.74) is 1.07. The highest BCUT2D eigenvalue weighted by Crippen LogP contribution is 2.33. The van der Waals surface area contributed by atoms with Gasteiger partial charge in [-0.1, -0.05) is 31.9 Å². The smallest absolute Gasteiger partial charge is 0.311 e. The monoisotopic (exact) mass is 411 g/mol. The SMILES string of the molecule is CCCC1CCN(c2nc(Oc3ccc(CCC(C)=O)cc3)ccc2[N+](=O)[O-])CC1. The number of nitrogens with zero attached hydrogens (tertiary/aromatic N) is 3. The van der Waals surface area contributed by atoms with Crippen LogP contribution in [-0.4, -0.2) is 28.8 Å². The molecule has 0 amide bonds. The van der Waals surface area contributed by atoms with Crippen molar-refractivity contribution >= 4 is 17.3 Å². The zero-order chi connectivity index (χ0) is 21.5. The maximum atomic E-state index is 11.5. The average molecular weight is 412 g/mol. The Morgan fingerprint density at radius 3 is 2.50 bits per heavy atom. The van der Waals surface area contributed by atoms with Crippen molar-refractivity contribution in [3.63, 3.8) is 0 Å². The molecule has 1 fully saturated rings. The summed E-state index contributed by atoms with van der Waals surface area (Å²) in [5, 5.41) is 11.5. The molecule has 0 radical (unpaired) electrons. The number of Topliss-reactive ketones (excluding diaryl/α,β-unsaturated/α-hetero) is 1. The van der Waals surface area contributed by atoms with Crippen LogP contribution in [0.25, 0.3) is 0 Å². The lowest BCUT2D eigenvalue weighted by atomic mass is 9.92. The Kier molecular flexibility index (Phi) is 7.38. The van der Waals surface area contributed by atoms with Crippen molar-refractivity contribution in [2.45, 2.75) is 52.4 Å². The topological polar surface area (TPSA) is 85.6 Å². The van der Waals surface area contributed by atoms with Gasteiger partial charge in [0.1, 0.15) is 11.5 Å². The number of hydrogen-bond acceptors (Lipinski definition) is 6. The van der Waals surface area contributed by atoms with Crippen LogP contribution in [0.2, 0.25) is 0 Å². The highest BCUT2D eigenvalue weighted by atomic mass is 16.6. The molecule has 1 aromatic carbocycles. The summed E-state index contributed by atoms with van der Waals surface area (Å²) in [4.78, 5) is 28.8. The highest BCUT2D eigenvalue weighted by molar-refractivity contribution is 5.75. The quantitative estimate of drug-likeness (QED) is 0.410. The number of ether oxygens (including phenoxy) is 1. The average Bonchev–Trinajstić information content (AvgIpc) is 2.74. The number of nitro groups is 1. The number of carbonyl (C=O) groups is 1. The summed E-state index contributed by atoms with van der Waals surface area (Å²) in [6.45, 7) is 5.32. The van der Waals surface area contributed by atoms with E-state index in [1.165, 1.54) is 25.0 Å². The number of hydrogen-bond donors (Lipinski definition) is 0. The van der Waals surface area contributed by atoms with Gasteiger partial charge in [0, 0.05) is 31.6 Å². The second-order valence-corrected chi connectivity index (χ2v) is 7.92. The van der Waals surface area contributed by atoms with Crippen molar-refractivity contribution in [1.82, 2.24) is 4.98 Å². The number of aryl methyl sites for hydroxylation is 1. The first-order valence-electron chi connectivity index (χ1n) is 10.6. The van der Waals surface area contributed by atoms with E-state index < -0.39 is 0 Å². The molecule has 30 heavy (non-hydrogen) atoms. The molecule has 160 valence electrons. The molecule has 0 aliphatic carbocycles. The van der Waals surface area contributed by atoms with E-state index in [0.717, 1.165) is 31.5 Å². The molecule has 0 unspecified atom stereocenters. The number of anilines is 1. The number of carbonyl (C=O) groups excluding carboxylic acids is 1. The minimum Gasteiger partial charge on any atom is -0.439 e.